The first-order chi connectivity index (χ1) is 23.7. The number of anilines is 3. The number of fused-ring (bicyclic) bond motifs is 4. The van der Waals surface area contributed by atoms with Crippen molar-refractivity contribution in [2.75, 3.05) is 4.90 Å². The summed E-state index contributed by atoms with van der Waals surface area (Å²) in [5.74, 6) is 3.36. The van der Waals surface area contributed by atoms with Gasteiger partial charge in [0.15, 0.2) is 0 Å². The average Bonchev–Trinajstić information content (AvgIpc) is 3.39. The summed E-state index contributed by atoms with van der Waals surface area (Å²) in [6.07, 6.45) is 9.54. The van der Waals surface area contributed by atoms with E-state index in [9.17, 15) is 0 Å². The molecule has 0 unspecified atom stereocenters. The molecule has 0 aliphatic heterocycles. The van der Waals surface area contributed by atoms with Crippen LogP contribution in [0.3, 0.4) is 0 Å². The van der Waals surface area contributed by atoms with E-state index in [-0.39, 0.29) is 16.2 Å². The van der Waals surface area contributed by atoms with Crippen LogP contribution < -0.4 is 4.90 Å². The van der Waals surface area contributed by atoms with Crippen LogP contribution in [0.4, 0.5) is 17.1 Å². The number of hydrogen-bond donors (Lipinski definition) is 0. The van der Waals surface area contributed by atoms with Gasteiger partial charge in [-0.3, -0.25) is 0 Å². The Morgan fingerprint density at radius 1 is 0.449 bits per heavy atom. The lowest BCUT2D eigenvalue weighted by molar-refractivity contribution is -0.0399. The zero-order chi connectivity index (χ0) is 33.1. The first kappa shape index (κ1) is 29.8. The van der Waals surface area contributed by atoms with Crippen LogP contribution >= 0.6 is 0 Å². The smallest absolute Gasteiger partial charge is 0.0468 e. The maximum absolute atomic E-state index is 2.62. The number of benzene rings is 5. The molecular formula is C48H49N. The lowest BCUT2D eigenvalue weighted by Crippen LogP contribution is -2.55. The molecule has 6 aliphatic carbocycles. The van der Waals surface area contributed by atoms with Crippen LogP contribution in [-0.4, -0.2) is 0 Å². The van der Waals surface area contributed by atoms with Crippen molar-refractivity contribution in [1.82, 2.24) is 0 Å². The molecule has 1 spiro atoms. The van der Waals surface area contributed by atoms with Crippen molar-refractivity contribution in [3.05, 3.63) is 138 Å². The molecule has 5 aromatic rings. The zero-order valence-corrected chi connectivity index (χ0v) is 29.7. The van der Waals surface area contributed by atoms with Crippen molar-refractivity contribution >= 4 is 17.1 Å². The number of hydrogen-bond acceptors (Lipinski definition) is 1. The maximum Gasteiger partial charge on any atom is 0.0468 e. The van der Waals surface area contributed by atoms with Gasteiger partial charge in [-0.2, -0.15) is 0 Å². The van der Waals surface area contributed by atoms with E-state index in [2.05, 4.69) is 148 Å². The number of para-hydroxylation sites is 1. The van der Waals surface area contributed by atoms with Crippen molar-refractivity contribution in [3.8, 4) is 22.3 Å². The monoisotopic (exact) mass is 639 g/mol. The van der Waals surface area contributed by atoms with E-state index in [0.29, 0.717) is 0 Å². The summed E-state index contributed by atoms with van der Waals surface area (Å²) >= 11 is 0. The molecule has 0 atom stereocenters. The largest absolute Gasteiger partial charge is 0.310 e. The highest BCUT2D eigenvalue weighted by Gasteiger charge is 2.61. The Bertz CT molecular complexity index is 2060. The minimum atomic E-state index is 0.139. The molecule has 5 aromatic carbocycles. The van der Waals surface area contributed by atoms with Gasteiger partial charge in [-0.25, -0.2) is 0 Å². The molecule has 4 bridgehead atoms. The van der Waals surface area contributed by atoms with Crippen LogP contribution in [0.25, 0.3) is 22.3 Å². The quantitative estimate of drug-likeness (QED) is 0.189. The summed E-state index contributed by atoms with van der Waals surface area (Å²) in [7, 11) is 0. The summed E-state index contributed by atoms with van der Waals surface area (Å²) in [6, 6.07) is 44.6. The predicted molar refractivity (Wildman–Crippen MR) is 205 cm³/mol. The van der Waals surface area contributed by atoms with Crippen LogP contribution in [-0.2, 0) is 16.2 Å². The fourth-order valence-electron chi connectivity index (χ4n) is 11.9. The van der Waals surface area contributed by atoms with Gasteiger partial charge >= 0.3 is 0 Å². The molecule has 0 saturated heterocycles. The molecule has 0 N–H and O–H groups in total. The van der Waals surface area contributed by atoms with E-state index in [1.165, 1.54) is 95.4 Å². The normalized spacial score (nSPS) is 27.8. The summed E-state index contributed by atoms with van der Waals surface area (Å²) in [4.78, 5) is 2.53. The Labute approximate surface area is 293 Å². The Balaban J connectivity index is 1.17. The SMILES string of the molecule is CC1(C)CCC(C)(C)c2cc(N(c3ccccc3)c3ccc4c(c3)-c3ccc(-c5ccccc5)cc3C43C4CC5CC(C4)CC3C5)ccc21. The molecule has 11 rings (SSSR count). The minimum Gasteiger partial charge on any atom is -0.310 e. The second kappa shape index (κ2) is 10.5. The van der Waals surface area contributed by atoms with Crippen LogP contribution in [0.15, 0.2) is 115 Å². The third-order valence-corrected chi connectivity index (χ3v) is 14.1. The molecule has 6 aliphatic rings. The second-order valence-electron chi connectivity index (χ2n) is 17.7. The molecule has 4 saturated carbocycles. The van der Waals surface area contributed by atoms with E-state index in [1.54, 1.807) is 11.1 Å². The fourth-order valence-corrected chi connectivity index (χ4v) is 11.9. The molecule has 0 radical (unpaired) electrons. The van der Waals surface area contributed by atoms with Gasteiger partial charge in [-0.15, -0.1) is 0 Å². The summed E-state index contributed by atoms with van der Waals surface area (Å²) in [6.45, 7) is 9.74. The van der Waals surface area contributed by atoms with Crippen molar-refractivity contribution < 1.29 is 0 Å². The van der Waals surface area contributed by atoms with Crippen molar-refractivity contribution in [2.24, 2.45) is 23.7 Å². The summed E-state index contributed by atoms with van der Waals surface area (Å²) in [5, 5.41) is 0. The van der Waals surface area contributed by atoms with Gasteiger partial charge in [-0.05, 0) is 166 Å². The van der Waals surface area contributed by atoms with Gasteiger partial charge in [0.05, 0.1) is 0 Å². The third-order valence-electron chi connectivity index (χ3n) is 14.1. The van der Waals surface area contributed by atoms with E-state index >= 15 is 0 Å². The number of nitrogens with zero attached hydrogens (tertiary/aromatic N) is 1. The summed E-state index contributed by atoms with van der Waals surface area (Å²) in [5.41, 5.74) is 16.1. The first-order valence-corrected chi connectivity index (χ1v) is 19.1. The van der Waals surface area contributed by atoms with Crippen molar-refractivity contribution in [1.29, 1.82) is 0 Å². The number of rotatable bonds is 4. The van der Waals surface area contributed by atoms with Gasteiger partial charge < -0.3 is 4.90 Å². The maximum atomic E-state index is 2.62. The predicted octanol–water partition coefficient (Wildman–Crippen LogP) is 12.9. The molecular weight excluding hydrogens is 591 g/mol. The molecule has 1 heteroatoms. The van der Waals surface area contributed by atoms with Gasteiger partial charge in [0, 0.05) is 22.5 Å². The third kappa shape index (κ3) is 4.30. The molecule has 1 nitrogen and oxygen atoms in total. The molecule has 0 amide bonds. The average molecular weight is 640 g/mol. The minimum absolute atomic E-state index is 0.139. The van der Waals surface area contributed by atoms with E-state index in [4.69, 9.17) is 0 Å². The second-order valence-corrected chi connectivity index (χ2v) is 17.7. The lowest BCUT2D eigenvalue weighted by Gasteiger charge is -2.61. The van der Waals surface area contributed by atoms with Crippen LogP contribution in [0, 0.1) is 23.7 Å². The molecule has 4 fully saturated rings. The van der Waals surface area contributed by atoms with Crippen molar-refractivity contribution in [3.63, 3.8) is 0 Å². The summed E-state index contributed by atoms with van der Waals surface area (Å²) < 4.78 is 0. The Hall–Kier alpha value is -4.10. The first-order valence-electron chi connectivity index (χ1n) is 19.1. The Kier molecular flexibility index (Phi) is 6.36. The van der Waals surface area contributed by atoms with Crippen LogP contribution in [0.5, 0.6) is 0 Å². The van der Waals surface area contributed by atoms with Crippen molar-refractivity contribution in [2.45, 2.75) is 88.9 Å². The van der Waals surface area contributed by atoms with E-state index < -0.39 is 0 Å². The van der Waals surface area contributed by atoms with Gasteiger partial charge in [0.2, 0.25) is 0 Å². The van der Waals surface area contributed by atoms with E-state index in [1.807, 2.05) is 0 Å². The Morgan fingerprint density at radius 2 is 1.04 bits per heavy atom. The van der Waals surface area contributed by atoms with Gasteiger partial charge in [-0.1, -0.05) is 100 Å². The zero-order valence-electron chi connectivity index (χ0n) is 29.7. The molecule has 0 aromatic heterocycles. The highest BCUT2D eigenvalue weighted by atomic mass is 15.1. The molecule has 0 heterocycles. The Morgan fingerprint density at radius 3 is 1.71 bits per heavy atom. The molecule has 246 valence electrons. The standard InChI is InChI=1S/C48H49N/c1-46(2)21-22-47(3,4)45-30-39(17-20-43(45)46)49(37-13-9-6-10-14-37)38-16-19-42-41(29-38)40-18-15-34(33-11-7-5-8-12-33)28-44(40)48(42)35-24-31-23-32(26-35)27-36(48)25-31/h5-20,28-32,35-36H,21-27H2,1-4H3. The highest BCUT2D eigenvalue weighted by Crippen LogP contribution is 2.70. The van der Waals surface area contributed by atoms with Gasteiger partial charge in [0.25, 0.3) is 0 Å². The van der Waals surface area contributed by atoms with E-state index in [0.717, 1.165) is 23.7 Å². The van der Waals surface area contributed by atoms with Crippen LogP contribution in [0.1, 0.15) is 94.9 Å². The van der Waals surface area contributed by atoms with Gasteiger partial charge in [0.1, 0.15) is 0 Å². The fraction of sp³-hybridized carbons (Fsp3) is 0.375. The topological polar surface area (TPSA) is 3.24 Å². The highest BCUT2D eigenvalue weighted by molar-refractivity contribution is 5.89. The lowest BCUT2D eigenvalue weighted by atomic mass is 9.43. The van der Waals surface area contributed by atoms with Crippen LogP contribution in [0.2, 0.25) is 0 Å². The molecule has 49 heavy (non-hydrogen) atoms.